The predicted octanol–water partition coefficient (Wildman–Crippen LogP) is -0.909. The van der Waals surface area contributed by atoms with Gasteiger partial charge in [0.25, 0.3) is 0 Å². The lowest BCUT2D eigenvalue weighted by molar-refractivity contribution is 0.583. The SMILES string of the molecule is NCCS(=O)(=O)c1ccc(-c2ccnc3c2CCCC3)c(/C(N)=N/NN)c1S(N)(=O)=O. The predicted molar refractivity (Wildman–Crippen MR) is 117 cm³/mol. The number of nitrogens with zero attached hydrogens (tertiary/aromatic N) is 2. The molecule has 11 nitrogen and oxygen atoms in total. The molecule has 13 heteroatoms. The van der Waals surface area contributed by atoms with Gasteiger partial charge in [0.2, 0.25) is 10.0 Å². The molecule has 1 aliphatic carbocycles. The maximum atomic E-state index is 12.8. The summed E-state index contributed by atoms with van der Waals surface area (Å²) in [6.45, 7) is -0.199. The molecule has 0 fully saturated rings. The molecule has 31 heavy (non-hydrogen) atoms. The van der Waals surface area contributed by atoms with Gasteiger partial charge in [-0.3, -0.25) is 4.98 Å². The third-order valence-corrected chi connectivity index (χ3v) is 8.00. The van der Waals surface area contributed by atoms with Crippen LogP contribution in [0.3, 0.4) is 0 Å². The highest BCUT2D eigenvalue weighted by atomic mass is 32.2. The summed E-state index contributed by atoms with van der Waals surface area (Å²) in [5, 5.41) is 9.18. The van der Waals surface area contributed by atoms with Crippen molar-refractivity contribution in [2.75, 3.05) is 12.3 Å². The van der Waals surface area contributed by atoms with E-state index in [1.54, 1.807) is 12.3 Å². The minimum absolute atomic E-state index is 0.141. The van der Waals surface area contributed by atoms with Gasteiger partial charge in [0.15, 0.2) is 15.7 Å². The fourth-order valence-corrected chi connectivity index (χ4v) is 6.60. The van der Waals surface area contributed by atoms with E-state index in [0.29, 0.717) is 11.1 Å². The first-order chi connectivity index (χ1) is 14.6. The van der Waals surface area contributed by atoms with Crippen molar-refractivity contribution >= 4 is 25.7 Å². The van der Waals surface area contributed by atoms with Crippen LogP contribution in [0.1, 0.15) is 29.7 Å². The maximum absolute atomic E-state index is 12.8. The molecule has 1 heterocycles. The highest BCUT2D eigenvalue weighted by molar-refractivity contribution is 7.93. The first kappa shape index (κ1) is 23.1. The Morgan fingerprint density at radius 1 is 1.10 bits per heavy atom. The van der Waals surface area contributed by atoms with Gasteiger partial charge >= 0.3 is 0 Å². The van der Waals surface area contributed by atoms with Crippen LogP contribution in [0.5, 0.6) is 0 Å². The van der Waals surface area contributed by atoms with E-state index in [1.165, 1.54) is 12.1 Å². The second-order valence-corrected chi connectivity index (χ2v) is 10.7. The van der Waals surface area contributed by atoms with Gasteiger partial charge in [-0.2, -0.15) is 0 Å². The van der Waals surface area contributed by atoms with Crippen molar-refractivity contribution in [2.24, 2.45) is 27.6 Å². The lowest BCUT2D eigenvalue weighted by atomic mass is 9.87. The van der Waals surface area contributed by atoms with Crippen LogP contribution < -0.4 is 28.0 Å². The van der Waals surface area contributed by atoms with Crippen LogP contribution in [0.4, 0.5) is 0 Å². The average molecular weight is 468 g/mol. The molecule has 0 saturated carbocycles. The zero-order valence-electron chi connectivity index (χ0n) is 16.7. The van der Waals surface area contributed by atoms with Crippen LogP contribution in [0, 0.1) is 0 Å². The van der Waals surface area contributed by atoms with Crippen molar-refractivity contribution in [1.29, 1.82) is 0 Å². The van der Waals surface area contributed by atoms with Gasteiger partial charge in [-0.15, -0.1) is 5.10 Å². The first-order valence-corrected chi connectivity index (χ1v) is 12.7. The number of pyridine rings is 1. The number of fused-ring (bicyclic) bond motifs is 1. The first-order valence-electron chi connectivity index (χ1n) is 9.50. The fourth-order valence-electron chi connectivity index (χ4n) is 3.84. The van der Waals surface area contributed by atoms with E-state index in [4.69, 9.17) is 22.4 Å². The highest BCUT2D eigenvalue weighted by Gasteiger charge is 2.32. The number of hydrazone groups is 1. The second kappa shape index (κ2) is 8.88. The van der Waals surface area contributed by atoms with Crippen molar-refractivity contribution in [1.82, 2.24) is 10.5 Å². The van der Waals surface area contributed by atoms with Gasteiger partial charge in [0.1, 0.15) is 4.90 Å². The van der Waals surface area contributed by atoms with Crippen molar-refractivity contribution in [3.05, 3.63) is 41.2 Å². The summed E-state index contributed by atoms with van der Waals surface area (Å²) >= 11 is 0. The number of hydrogen-bond donors (Lipinski definition) is 5. The molecule has 0 spiro atoms. The Morgan fingerprint density at radius 2 is 1.81 bits per heavy atom. The number of amidine groups is 1. The molecule has 1 aromatic heterocycles. The number of nitrogens with one attached hydrogen (secondary N) is 1. The molecule has 0 radical (unpaired) electrons. The number of sulfonamides is 1. The smallest absolute Gasteiger partial charge is 0.240 e. The van der Waals surface area contributed by atoms with Gasteiger partial charge in [-0.25, -0.2) is 33.4 Å². The number of aryl methyl sites for hydroxylation is 1. The van der Waals surface area contributed by atoms with Crippen LogP contribution in [0.2, 0.25) is 0 Å². The van der Waals surface area contributed by atoms with Crippen LogP contribution in [-0.2, 0) is 32.7 Å². The largest absolute Gasteiger partial charge is 0.382 e. The van der Waals surface area contributed by atoms with Crippen LogP contribution in [0.25, 0.3) is 11.1 Å². The van der Waals surface area contributed by atoms with Gasteiger partial charge < -0.3 is 11.5 Å². The van der Waals surface area contributed by atoms with E-state index < -0.39 is 35.4 Å². The van der Waals surface area contributed by atoms with Gasteiger partial charge in [-0.05, 0) is 54.5 Å². The number of hydrogen-bond acceptors (Lipinski definition) is 9. The van der Waals surface area contributed by atoms with Crippen molar-refractivity contribution in [3.63, 3.8) is 0 Å². The second-order valence-electron chi connectivity index (χ2n) is 7.08. The normalized spacial score (nSPS) is 14.9. The van der Waals surface area contributed by atoms with Crippen LogP contribution >= 0.6 is 0 Å². The fraction of sp³-hybridized carbons (Fsp3) is 0.333. The summed E-state index contributed by atoms with van der Waals surface area (Å²) in [5.74, 6) is 4.46. The van der Waals surface area contributed by atoms with Gasteiger partial charge in [0.05, 0.1) is 10.6 Å². The monoisotopic (exact) mass is 467 g/mol. The van der Waals surface area contributed by atoms with Crippen molar-refractivity contribution in [2.45, 2.75) is 35.5 Å². The summed E-state index contributed by atoms with van der Waals surface area (Å²) in [6.07, 6.45) is 5.09. The minimum atomic E-state index is -4.55. The van der Waals surface area contributed by atoms with Crippen LogP contribution in [0.15, 0.2) is 39.3 Å². The van der Waals surface area contributed by atoms with Crippen molar-refractivity contribution in [3.8, 4) is 11.1 Å². The number of rotatable bonds is 7. The summed E-state index contributed by atoms with van der Waals surface area (Å²) in [7, 11) is -8.62. The number of aromatic nitrogens is 1. The standard InChI is InChI=1S/C18H25N7O4S2/c19-8-10-30(26,27)15-6-5-13(11-7-9-23-14-4-2-1-3-12(11)14)16(18(20)24-25-21)17(15)31(22,28)29/h5-7,9,25H,1-4,8,10,19,21H2,(H2,20,24)(H2,22,28,29). The molecule has 0 bridgehead atoms. The Morgan fingerprint density at radius 3 is 2.45 bits per heavy atom. The molecule has 0 saturated heterocycles. The number of sulfone groups is 1. The molecule has 168 valence electrons. The Labute approximate surface area is 180 Å². The molecular weight excluding hydrogens is 442 g/mol. The number of benzene rings is 1. The Balaban J connectivity index is 2.47. The highest BCUT2D eigenvalue weighted by Crippen LogP contribution is 2.37. The number of hydrazine groups is 1. The molecule has 1 aliphatic rings. The molecule has 0 aliphatic heterocycles. The summed E-state index contributed by atoms with van der Waals surface area (Å²) < 4.78 is 50.8. The lowest BCUT2D eigenvalue weighted by Gasteiger charge is -2.22. The number of primary sulfonamides is 1. The van der Waals surface area contributed by atoms with E-state index in [9.17, 15) is 16.8 Å². The van der Waals surface area contributed by atoms with E-state index in [-0.39, 0.29) is 17.9 Å². The Bertz CT molecular complexity index is 1240. The Hall–Kier alpha value is -2.58. The lowest BCUT2D eigenvalue weighted by Crippen LogP contribution is -2.29. The molecule has 0 amide bonds. The maximum Gasteiger partial charge on any atom is 0.240 e. The van der Waals surface area contributed by atoms with E-state index in [2.05, 4.69) is 10.1 Å². The molecule has 9 N–H and O–H groups in total. The zero-order chi connectivity index (χ0) is 22.8. The van der Waals surface area contributed by atoms with Gasteiger partial charge in [0, 0.05) is 24.0 Å². The topological polar surface area (TPSA) is 210 Å². The zero-order valence-corrected chi connectivity index (χ0v) is 18.3. The molecule has 3 rings (SSSR count). The minimum Gasteiger partial charge on any atom is -0.382 e. The summed E-state index contributed by atoms with van der Waals surface area (Å²) in [5.41, 5.74) is 16.2. The Kier molecular flexibility index (Phi) is 6.62. The molecule has 0 unspecified atom stereocenters. The molecule has 1 aromatic carbocycles. The van der Waals surface area contributed by atoms with E-state index in [1.807, 2.05) is 5.53 Å². The average Bonchev–Trinajstić information content (AvgIpc) is 2.71. The summed E-state index contributed by atoms with van der Waals surface area (Å²) in [6, 6.07) is 4.44. The molecule has 0 atom stereocenters. The molecule has 2 aromatic rings. The van der Waals surface area contributed by atoms with Crippen molar-refractivity contribution < 1.29 is 16.8 Å². The number of nitrogens with two attached hydrogens (primary N) is 4. The van der Waals surface area contributed by atoms with E-state index in [0.717, 1.165) is 36.9 Å². The van der Waals surface area contributed by atoms with Crippen LogP contribution in [-0.4, -0.2) is 40.0 Å². The van der Waals surface area contributed by atoms with E-state index >= 15 is 0 Å². The third-order valence-electron chi connectivity index (χ3n) is 5.09. The quantitative estimate of drug-likeness (QED) is 0.147. The third kappa shape index (κ3) is 4.55. The molecular formula is C18H25N7O4S2. The summed E-state index contributed by atoms with van der Waals surface area (Å²) in [4.78, 5) is 3.29. The van der Waals surface area contributed by atoms with Gasteiger partial charge in [-0.1, -0.05) is 6.07 Å².